The summed E-state index contributed by atoms with van der Waals surface area (Å²) in [6.07, 6.45) is 4.85. The summed E-state index contributed by atoms with van der Waals surface area (Å²) < 4.78 is 6.12. The van der Waals surface area contributed by atoms with Gasteiger partial charge in [-0.15, -0.1) is 0 Å². The lowest BCUT2D eigenvalue weighted by Crippen LogP contribution is -1.79. The Morgan fingerprint density at radius 3 is 2.44 bits per heavy atom. The van der Waals surface area contributed by atoms with Crippen LogP contribution >= 0.6 is 15.9 Å². The minimum Gasteiger partial charge on any atom is -0.463 e. The second-order valence-electron chi connectivity index (χ2n) is 3.06. The summed E-state index contributed by atoms with van der Waals surface area (Å²) in [5, 5.41) is 7.79. The number of rotatable bonds is 3. The van der Waals surface area contributed by atoms with Gasteiger partial charge in [0.15, 0.2) is 0 Å². The van der Waals surface area contributed by atoms with Crippen LogP contribution in [0.25, 0.3) is 0 Å². The van der Waals surface area contributed by atoms with Crippen LogP contribution in [0, 0.1) is 0 Å². The molecule has 2 aromatic rings. The Balaban J connectivity index is 1.97. The quantitative estimate of drug-likeness (QED) is 0.625. The smallest absolute Gasteiger partial charge is 0.146 e. The predicted molar refractivity (Wildman–Crippen MR) is 68.0 cm³/mol. The summed E-state index contributed by atoms with van der Waals surface area (Å²) in [4.78, 5) is 0. The van der Waals surface area contributed by atoms with Crippen LogP contribution in [0.3, 0.4) is 0 Å². The van der Waals surface area contributed by atoms with Crippen molar-refractivity contribution in [1.82, 2.24) is 0 Å². The second kappa shape index (κ2) is 5.42. The number of nitrogens with zero attached hydrogens (tertiary/aromatic N) is 2. The fraction of sp³-hybridized carbons (Fsp3) is 0. The molecule has 0 radical (unpaired) electrons. The molecule has 0 aliphatic carbocycles. The number of benzene rings is 1. The highest BCUT2D eigenvalue weighted by Crippen LogP contribution is 2.09. The summed E-state index contributed by atoms with van der Waals surface area (Å²) in [5.41, 5.74) is 1.000. The number of furan rings is 1. The lowest BCUT2D eigenvalue weighted by molar-refractivity contribution is 0.560. The van der Waals surface area contributed by atoms with Gasteiger partial charge in [0.2, 0.25) is 0 Å². The molecule has 0 bridgehead atoms. The van der Waals surface area contributed by atoms with E-state index in [9.17, 15) is 0 Å². The minimum atomic E-state index is 0.688. The van der Waals surface area contributed by atoms with Crippen molar-refractivity contribution < 1.29 is 4.42 Å². The Kier molecular flexibility index (Phi) is 3.66. The van der Waals surface area contributed by atoms with E-state index in [1.165, 1.54) is 0 Å². The van der Waals surface area contributed by atoms with Crippen LogP contribution in [-0.2, 0) is 0 Å². The molecule has 0 N–H and O–H groups in total. The highest BCUT2D eigenvalue weighted by molar-refractivity contribution is 9.10. The van der Waals surface area contributed by atoms with Gasteiger partial charge in [0.05, 0.1) is 18.7 Å². The first-order valence-electron chi connectivity index (χ1n) is 4.70. The van der Waals surface area contributed by atoms with Gasteiger partial charge in [-0.25, -0.2) is 0 Å². The molecule has 0 saturated carbocycles. The molecule has 0 saturated heterocycles. The van der Waals surface area contributed by atoms with Crippen molar-refractivity contribution in [2.45, 2.75) is 0 Å². The molecular weight excluding hydrogens is 268 g/mol. The highest BCUT2D eigenvalue weighted by atomic mass is 79.9. The molecule has 80 valence electrons. The van der Waals surface area contributed by atoms with E-state index in [0.29, 0.717) is 5.76 Å². The zero-order chi connectivity index (χ0) is 11.2. The van der Waals surface area contributed by atoms with Crippen molar-refractivity contribution in [2.24, 2.45) is 10.2 Å². The van der Waals surface area contributed by atoms with Crippen LogP contribution in [0.5, 0.6) is 0 Å². The monoisotopic (exact) mass is 276 g/mol. The standard InChI is InChI=1S/C12H9BrN2O/c13-11-5-3-10(4-6-11)8-14-15-9-12-2-1-7-16-12/h1-9H/b14-8-,15-9-. The molecule has 3 nitrogen and oxygen atoms in total. The Morgan fingerprint density at radius 2 is 1.75 bits per heavy atom. The van der Waals surface area contributed by atoms with Crippen molar-refractivity contribution in [3.05, 3.63) is 58.5 Å². The maximum absolute atomic E-state index is 5.07. The summed E-state index contributed by atoms with van der Waals surface area (Å²) in [6, 6.07) is 11.4. The Labute approximate surface area is 102 Å². The number of hydrogen-bond donors (Lipinski definition) is 0. The van der Waals surface area contributed by atoms with Crippen LogP contribution in [0.2, 0.25) is 0 Å². The molecule has 0 atom stereocenters. The first-order valence-corrected chi connectivity index (χ1v) is 5.49. The van der Waals surface area contributed by atoms with Gasteiger partial charge >= 0.3 is 0 Å². The van der Waals surface area contributed by atoms with E-state index >= 15 is 0 Å². The third-order valence-electron chi connectivity index (χ3n) is 1.87. The maximum atomic E-state index is 5.07. The van der Waals surface area contributed by atoms with Gasteiger partial charge in [0.1, 0.15) is 5.76 Å². The predicted octanol–water partition coefficient (Wildman–Crippen LogP) is 3.50. The first kappa shape index (κ1) is 10.8. The van der Waals surface area contributed by atoms with Crippen molar-refractivity contribution in [3.63, 3.8) is 0 Å². The lowest BCUT2D eigenvalue weighted by atomic mass is 10.2. The highest BCUT2D eigenvalue weighted by Gasteiger charge is 1.88. The molecule has 0 fully saturated rings. The van der Waals surface area contributed by atoms with Crippen molar-refractivity contribution in [1.29, 1.82) is 0 Å². The van der Waals surface area contributed by atoms with Crippen LogP contribution in [0.1, 0.15) is 11.3 Å². The van der Waals surface area contributed by atoms with Crippen molar-refractivity contribution >= 4 is 28.4 Å². The molecule has 0 unspecified atom stereocenters. The zero-order valence-electron chi connectivity index (χ0n) is 8.38. The van der Waals surface area contributed by atoms with Gasteiger partial charge in [-0.3, -0.25) is 0 Å². The maximum Gasteiger partial charge on any atom is 0.146 e. The molecule has 0 aliphatic rings. The molecule has 16 heavy (non-hydrogen) atoms. The van der Waals surface area contributed by atoms with Crippen LogP contribution < -0.4 is 0 Å². The fourth-order valence-corrected chi connectivity index (χ4v) is 1.37. The van der Waals surface area contributed by atoms with Gasteiger partial charge in [0, 0.05) is 4.47 Å². The van der Waals surface area contributed by atoms with Crippen molar-refractivity contribution in [2.75, 3.05) is 0 Å². The van der Waals surface area contributed by atoms with Gasteiger partial charge in [-0.2, -0.15) is 10.2 Å². The summed E-state index contributed by atoms with van der Waals surface area (Å²) in [6.45, 7) is 0. The molecule has 1 heterocycles. The van der Waals surface area contributed by atoms with Crippen LogP contribution in [-0.4, -0.2) is 12.4 Å². The SMILES string of the molecule is Brc1ccc(/C=N\N=C/c2ccco2)cc1. The molecule has 0 spiro atoms. The van der Waals surface area contributed by atoms with Gasteiger partial charge in [0.25, 0.3) is 0 Å². The third kappa shape index (κ3) is 3.17. The number of halogens is 1. The molecule has 0 aliphatic heterocycles. The largest absolute Gasteiger partial charge is 0.463 e. The van der Waals surface area contributed by atoms with Gasteiger partial charge in [-0.1, -0.05) is 28.1 Å². The van der Waals surface area contributed by atoms with Gasteiger partial charge in [-0.05, 0) is 29.8 Å². The molecule has 1 aromatic carbocycles. The van der Waals surface area contributed by atoms with Crippen LogP contribution in [0.4, 0.5) is 0 Å². The lowest BCUT2D eigenvalue weighted by Gasteiger charge is -1.90. The summed E-state index contributed by atoms with van der Waals surface area (Å²) in [5.74, 6) is 0.688. The van der Waals surface area contributed by atoms with E-state index in [2.05, 4.69) is 26.1 Å². The minimum absolute atomic E-state index is 0.688. The zero-order valence-corrected chi connectivity index (χ0v) is 9.96. The fourth-order valence-electron chi connectivity index (χ4n) is 1.10. The normalized spacial score (nSPS) is 11.6. The van der Waals surface area contributed by atoms with E-state index in [1.54, 1.807) is 24.8 Å². The van der Waals surface area contributed by atoms with E-state index in [4.69, 9.17) is 4.42 Å². The van der Waals surface area contributed by atoms with E-state index in [1.807, 2.05) is 30.3 Å². The van der Waals surface area contributed by atoms with Crippen LogP contribution in [0.15, 0.2) is 61.8 Å². The average molecular weight is 277 g/mol. The van der Waals surface area contributed by atoms with E-state index in [0.717, 1.165) is 10.0 Å². The molecule has 4 heteroatoms. The van der Waals surface area contributed by atoms with Crippen molar-refractivity contribution in [3.8, 4) is 0 Å². The Bertz CT molecular complexity index is 486. The molecule has 2 rings (SSSR count). The second-order valence-corrected chi connectivity index (χ2v) is 3.97. The molecular formula is C12H9BrN2O. The van der Waals surface area contributed by atoms with E-state index in [-0.39, 0.29) is 0 Å². The first-order chi connectivity index (χ1) is 7.84. The number of hydrogen-bond acceptors (Lipinski definition) is 3. The Hall–Kier alpha value is -1.68. The Morgan fingerprint density at radius 1 is 1.00 bits per heavy atom. The van der Waals surface area contributed by atoms with Gasteiger partial charge < -0.3 is 4.42 Å². The topological polar surface area (TPSA) is 37.9 Å². The third-order valence-corrected chi connectivity index (χ3v) is 2.40. The molecule has 1 aromatic heterocycles. The van der Waals surface area contributed by atoms with E-state index < -0.39 is 0 Å². The average Bonchev–Trinajstić information content (AvgIpc) is 2.80. The molecule has 0 amide bonds. The summed E-state index contributed by atoms with van der Waals surface area (Å²) >= 11 is 3.37. The summed E-state index contributed by atoms with van der Waals surface area (Å²) in [7, 11) is 0.